The lowest BCUT2D eigenvalue weighted by molar-refractivity contribution is 0.447. The van der Waals surface area contributed by atoms with Crippen molar-refractivity contribution in [3.05, 3.63) is 36.4 Å². The monoisotopic (exact) mass is 168 g/mol. The van der Waals surface area contributed by atoms with Crippen LogP contribution in [0, 0.1) is 0 Å². The molecule has 0 aromatic heterocycles. The quantitative estimate of drug-likeness (QED) is 0.362. The molecule has 6 heteroatoms. The second-order valence-corrected chi connectivity index (χ2v) is 1.39. The molecule has 12 heavy (non-hydrogen) atoms. The standard InChI is InChI=1S/C6H6.2BH2O2/c1-2-4-6-5-3-1;2*2-1-3/h1-6H;2*2-3H. The molecule has 0 heterocycles. The van der Waals surface area contributed by atoms with Crippen molar-refractivity contribution in [3.8, 4) is 0 Å². The van der Waals surface area contributed by atoms with Gasteiger partial charge in [-0.1, -0.05) is 36.4 Å². The topological polar surface area (TPSA) is 80.9 Å². The summed E-state index contributed by atoms with van der Waals surface area (Å²) in [6, 6.07) is 12.0. The van der Waals surface area contributed by atoms with Gasteiger partial charge in [0.1, 0.15) is 0 Å². The summed E-state index contributed by atoms with van der Waals surface area (Å²) in [4.78, 5) is 0. The number of hydrogen-bond acceptors (Lipinski definition) is 4. The van der Waals surface area contributed by atoms with E-state index in [9.17, 15) is 0 Å². The predicted octanol–water partition coefficient (Wildman–Crippen LogP) is -1.30. The van der Waals surface area contributed by atoms with Gasteiger partial charge < -0.3 is 20.1 Å². The Morgan fingerprint density at radius 3 is 0.667 bits per heavy atom. The second kappa shape index (κ2) is 16.6. The van der Waals surface area contributed by atoms with Crippen molar-refractivity contribution in [1.29, 1.82) is 0 Å². The SMILES string of the molecule is O[B]O.O[B]O.c1ccccc1. The highest BCUT2D eigenvalue weighted by Crippen LogP contribution is 1.79. The number of rotatable bonds is 0. The van der Waals surface area contributed by atoms with Gasteiger partial charge in [-0.15, -0.1) is 0 Å². The van der Waals surface area contributed by atoms with E-state index in [-0.39, 0.29) is 15.4 Å². The summed E-state index contributed by atoms with van der Waals surface area (Å²) in [6.45, 7) is 0. The maximum atomic E-state index is 7.00. The van der Waals surface area contributed by atoms with Gasteiger partial charge in [-0.2, -0.15) is 0 Å². The van der Waals surface area contributed by atoms with Crippen LogP contribution < -0.4 is 0 Å². The summed E-state index contributed by atoms with van der Waals surface area (Å²) >= 11 is 0. The van der Waals surface area contributed by atoms with Crippen molar-refractivity contribution in [2.24, 2.45) is 0 Å². The first-order chi connectivity index (χ1) is 5.83. The molecule has 0 bridgehead atoms. The fourth-order valence-electron chi connectivity index (χ4n) is 0.385. The summed E-state index contributed by atoms with van der Waals surface area (Å²) < 4.78 is 0. The molecular weight excluding hydrogens is 158 g/mol. The molecule has 0 aliphatic rings. The largest absolute Gasteiger partial charge is 0.482 e. The molecule has 0 aliphatic carbocycles. The lowest BCUT2D eigenvalue weighted by Gasteiger charge is -1.69. The van der Waals surface area contributed by atoms with E-state index in [1.54, 1.807) is 0 Å². The molecule has 0 fully saturated rings. The lowest BCUT2D eigenvalue weighted by Crippen LogP contribution is -1.75. The van der Waals surface area contributed by atoms with Crippen LogP contribution >= 0.6 is 0 Å². The van der Waals surface area contributed by atoms with Gasteiger partial charge in [0.2, 0.25) is 0 Å². The summed E-state index contributed by atoms with van der Waals surface area (Å²) in [7, 11) is 0. The second-order valence-electron chi connectivity index (χ2n) is 1.39. The van der Waals surface area contributed by atoms with E-state index in [4.69, 9.17) is 20.1 Å². The lowest BCUT2D eigenvalue weighted by atomic mass is 10.4. The summed E-state index contributed by atoms with van der Waals surface area (Å²) in [5.41, 5.74) is 0. The molecule has 2 radical (unpaired) electrons. The third-order valence-corrected chi connectivity index (χ3v) is 0.667. The van der Waals surface area contributed by atoms with Crippen molar-refractivity contribution in [2.45, 2.75) is 0 Å². The van der Waals surface area contributed by atoms with Crippen LogP contribution in [0.25, 0.3) is 0 Å². The van der Waals surface area contributed by atoms with Crippen molar-refractivity contribution in [2.75, 3.05) is 0 Å². The highest BCUT2D eigenvalue weighted by molar-refractivity contribution is 6.13. The van der Waals surface area contributed by atoms with Crippen LogP contribution in [0.5, 0.6) is 0 Å². The molecule has 0 saturated carbocycles. The molecule has 0 saturated heterocycles. The van der Waals surface area contributed by atoms with Crippen LogP contribution in [0.3, 0.4) is 0 Å². The minimum atomic E-state index is 0. The average molecular weight is 168 g/mol. The van der Waals surface area contributed by atoms with E-state index in [1.165, 1.54) is 0 Å². The Bertz CT molecular complexity index is 110. The number of hydrogen-bond donors (Lipinski definition) is 4. The average Bonchev–Trinajstić information content (AvgIpc) is 2.10. The first-order valence-corrected chi connectivity index (χ1v) is 3.03. The van der Waals surface area contributed by atoms with Crippen LogP contribution in [-0.2, 0) is 0 Å². The van der Waals surface area contributed by atoms with E-state index in [0.717, 1.165) is 0 Å². The fourth-order valence-corrected chi connectivity index (χ4v) is 0.385. The first-order valence-electron chi connectivity index (χ1n) is 3.03. The summed E-state index contributed by atoms with van der Waals surface area (Å²) in [5.74, 6) is 0. The fraction of sp³-hybridized carbons (Fsp3) is 0. The zero-order valence-corrected chi connectivity index (χ0v) is 6.41. The number of benzene rings is 1. The first kappa shape index (κ1) is 13.8. The molecule has 64 valence electrons. The normalized spacial score (nSPS) is 6.33. The Morgan fingerprint density at radius 1 is 0.500 bits per heavy atom. The van der Waals surface area contributed by atoms with Gasteiger partial charge in [-0.25, -0.2) is 0 Å². The molecule has 0 amide bonds. The van der Waals surface area contributed by atoms with Gasteiger partial charge in [-0.3, -0.25) is 0 Å². The van der Waals surface area contributed by atoms with Crippen molar-refractivity contribution < 1.29 is 20.1 Å². The molecule has 4 N–H and O–H groups in total. The van der Waals surface area contributed by atoms with Gasteiger partial charge in [0.05, 0.1) is 0 Å². The van der Waals surface area contributed by atoms with Crippen molar-refractivity contribution >= 4 is 15.4 Å². The predicted molar refractivity (Wildman–Crippen MR) is 46.8 cm³/mol. The molecule has 0 aliphatic heterocycles. The van der Waals surface area contributed by atoms with Gasteiger partial charge in [0.25, 0.3) is 0 Å². The Balaban J connectivity index is 0. The van der Waals surface area contributed by atoms with Crippen LogP contribution in [0.4, 0.5) is 0 Å². The third kappa shape index (κ3) is 22.9. The van der Waals surface area contributed by atoms with Crippen molar-refractivity contribution in [1.82, 2.24) is 0 Å². The van der Waals surface area contributed by atoms with Crippen LogP contribution in [-0.4, -0.2) is 35.5 Å². The highest BCUT2D eigenvalue weighted by Gasteiger charge is 1.57. The third-order valence-electron chi connectivity index (χ3n) is 0.667. The molecule has 1 rings (SSSR count). The molecule has 0 unspecified atom stereocenters. The smallest absolute Gasteiger partial charge is 0.429 e. The van der Waals surface area contributed by atoms with Crippen LogP contribution in [0.15, 0.2) is 36.4 Å². The van der Waals surface area contributed by atoms with Crippen molar-refractivity contribution in [3.63, 3.8) is 0 Å². The van der Waals surface area contributed by atoms with Gasteiger partial charge in [0, 0.05) is 0 Å². The van der Waals surface area contributed by atoms with E-state index in [0.29, 0.717) is 0 Å². The molecule has 1 aromatic rings. The van der Waals surface area contributed by atoms with E-state index in [1.807, 2.05) is 36.4 Å². The molecule has 1 aromatic carbocycles. The minimum Gasteiger partial charge on any atom is -0.429 e. The maximum Gasteiger partial charge on any atom is 0.482 e. The Kier molecular flexibility index (Phi) is 19.1. The Morgan fingerprint density at radius 2 is 0.583 bits per heavy atom. The van der Waals surface area contributed by atoms with Gasteiger partial charge in [-0.05, 0) is 0 Å². The summed E-state index contributed by atoms with van der Waals surface area (Å²) in [6.07, 6.45) is 0. The zero-order chi connectivity index (χ0) is 9.66. The maximum absolute atomic E-state index is 7.00. The van der Waals surface area contributed by atoms with Gasteiger partial charge in [0.15, 0.2) is 0 Å². The van der Waals surface area contributed by atoms with Crippen LogP contribution in [0.2, 0.25) is 0 Å². The molecule has 0 atom stereocenters. The van der Waals surface area contributed by atoms with E-state index < -0.39 is 0 Å². The zero-order valence-electron chi connectivity index (χ0n) is 6.41. The molecular formula is C6H10B2O4. The van der Waals surface area contributed by atoms with Gasteiger partial charge >= 0.3 is 15.4 Å². The Hall–Kier alpha value is -0.810. The molecule has 0 spiro atoms. The highest BCUT2D eigenvalue weighted by atomic mass is 16.4. The van der Waals surface area contributed by atoms with E-state index >= 15 is 0 Å². The minimum absolute atomic E-state index is 0. The molecule has 4 nitrogen and oxygen atoms in total. The Labute approximate surface area is 72.7 Å². The van der Waals surface area contributed by atoms with E-state index in [2.05, 4.69) is 0 Å². The van der Waals surface area contributed by atoms with Crippen LogP contribution in [0.1, 0.15) is 0 Å². The summed E-state index contributed by atoms with van der Waals surface area (Å²) in [5, 5.41) is 28.0.